The molecule has 0 aliphatic rings. The van der Waals surface area contributed by atoms with Crippen LogP contribution in [0.3, 0.4) is 0 Å². The van der Waals surface area contributed by atoms with Crippen LogP contribution < -0.4 is 0 Å². The molecule has 1 aromatic rings. The summed E-state index contributed by atoms with van der Waals surface area (Å²) in [5, 5.41) is 4.42. The number of hydrogen-bond donors (Lipinski definition) is 0. The highest BCUT2D eigenvalue weighted by molar-refractivity contribution is 7.98. The van der Waals surface area contributed by atoms with Crippen molar-refractivity contribution in [3.05, 3.63) is 32.4 Å². The van der Waals surface area contributed by atoms with Crippen molar-refractivity contribution in [3.63, 3.8) is 0 Å². The number of thioether (sulfide) groups is 1. The monoisotopic (exact) mass is 275 g/mol. The number of rotatable bonds is 4. The zero-order valence-electron chi connectivity index (χ0n) is 8.26. The van der Waals surface area contributed by atoms with Crippen LogP contribution in [-0.4, -0.2) is 22.8 Å². The molecule has 0 bridgehead atoms. The highest BCUT2D eigenvalue weighted by Gasteiger charge is 2.07. The summed E-state index contributed by atoms with van der Waals surface area (Å²) in [6.45, 7) is 0.230. The lowest BCUT2D eigenvalue weighted by Gasteiger charge is -2.02. The smallest absolute Gasteiger partial charge is 0.190 e. The Morgan fingerprint density at radius 2 is 2.06 bits per heavy atom. The molecule has 0 atom stereocenters. The van der Waals surface area contributed by atoms with E-state index in [1.807, 2.05) is 6.26 Å². The normalized spacial score (nSPS) is 10.4. The molecule has 1 heterocycles. The summed E-state index contributed by atoms with van der Waals surface area (Å²) in [4.78, 5) is 10.7. The minimum atomic E-state index is 0.230. The molecule has 0 aromatic carbocycles. The van der Waals surface area contributed by atoms with E-state index in [0.717, 1.165) is 0 Å². The van der Waals surface area contributed by atoms with Crippen LogP contribution in [-0.2, 0) is 0 Å². The van der Waals surface area contributed by atoms with E-state index in [0.29, 0.717) is 10.7 Å². The molecule has 5 nitrogen and oxygen atoms in total. The highest BCUT2D eigenvalue weighted by atomic mass is 35.5. The lowest BCUT2D eigenvalue weighted by Crippen LogP contribution is -1.91. The molecule has 1 rings (SSSR count). The average molecular weight is 276 g/mol. The van der Waals surface area contributed by atoms with Gasteiger partial charge in [0, 0.05) is 17.0 Å². The van der Waals surface area contributed by atoms with Gasteiger partial charge in [-0.2, -0.15) is 0 Å². The first kappa shape index (κ1) is 13.1. The molecule has 0 spiro atoms. The molecule has 0 saturated carbocycles. The fourth-order valence-corrected chi connectivity index (χ4v) is 1.86. The summed E-state index contributed by atoms with van der Waals surface area (Å²) in [5.41, 5.74) is 8.61. The predicted molar refractivity (Wildman–Crippen MR) is 66.9 cm³/mol. The Morgan fingerprint density at radius 3 is 2.56 bits per heavy atom. The van der Waals surface area contributed by atoms with Crippen LogP contribution in [0.15, 0.2) is 16.3 Å². The number of hydrogen-bond acceptors (Lipinski definition) is 4. The van der Waals surface area contributed by atoms with Crippen molar-refractivity contribution in [1.29, 1.82) is 0 Å². The number of nitrogens with zero attached hydrogens (tertiary/aromatic N) is 5. The molecule has 1 aromatic heterocycles. The van der Waals surface area contributed by atoms with E-state index in [-0.39, 0.29) is 16.9 Å². The number of halogens is 2. The minimum absolute atomic E-state index is 0.230. The second kappa shape index (κ2) is 6.60. The summed E-state index contributed by atoms with van der Waals surface area (Å²) in [6, 6.07) is 0. The Labute approximate surface area is 107 Å². The zero-order valence-corrected chi connectivity index (χ0v) is 10.6. The van der Waals surface area contributed by atoms with Gasteiger partial charge in [-0.1, -0.05) is 52.2 Å². The molecule has 0 radical (unpaired) electrons. The molecule has 0 N–H and O–H groups in total. The number of azide groups is 1. The number of aromatic nitrogens is 2. The Kier molecular flexibility index (Phi) is 5.42. The molecule has 0 amide bonds. The second-order valence-electron chi connectivity index (χ2n) is 2.52. The van der Waals surface area contributed by atoms with Crippen LogP contribution in [0.4, 0.5) is 0 Å². The van der Waals surface area contributed by atoms with Crippen LogP contribution in [0.2, 0.25) is 10.3 Å². The summed E-state index contributed by atoms with van der Waals surface area (Å²) < 4.78 is 0. The molecular weight excluding hydrogens is 269 g/mol. The van der Waals surface area contributed by atoms with Crippen molar-refractivity contribution in [2.45, 2.75) is 5.16 Å². The van der Waals surface area contributed by atoms with E-state index < -0.39 is 0 Å². The lowest BCUT2D eigenvalue weighted by molar-refractivity contribution is 0.967. The van der Waals surface area contributed by atoms with E-state index in [1.165, 1.54) is 11.8 Å². The Balaban J connectivity index is 2.96. The van der Waals surface area contributed by atoms with Crippen molar-refractivity contribution in [1.82, 2.24) is 9.97 Å². The fourth-order valence-electron chi connectivity index (χ4n) is 0.882. The molecule has 0 saturated heterocycles. The van der Waals surface area contributed by atoms with Gasteiger partial charge in [-0.05, 0) is 11.8 Å². The van der Waals surface area contributed by atoms with Gasteiger partial charge in [-0.25, -0.2) is 9.97 Å². The summed E-state index contributed by atoms with van der Waals surface area (Å²) in [5.74, 6) is 0. The second-order valence-corrected chi connectivity index (χ2v) is 4.01. The Morgan fingerprint density at radius 1 is 1.44 bits per heavy atom. The first-order chi connectivity index (χ1) is 7.69. The quantitative estimate of drug-likeness (QED) is 0.209. The van der Waals surface area contributed by atoms with Gasteiger partial charge < -0.3 is 0 Å². The maximum absolute atomic E-state index is 8.09. The first-order valence-electron chi connectivity index (χ1n) is 4.13. The largest absolute Gasteiger partial charge is 0.210 e. The minimum Gasteiger partial charge on any atom is -0.210 e. The third-order valence-corrected chi connectivity index (χ3v) is 2.67. The SMILES string of the molecule is CSc1nc(Cl)c(C=CCN=[N+]=[N-])c(Cl)n1. The van der Waals surface area contributed by atoms with Crippen molar-refractivity contribution < 1.29 is 0 Å². The van der Waals surface area contributed by atoms with Gasteiger partial charge in [0.2, 0.25) is 0 Å². The van der Waals surface area contributed by atoms with Crippen LogP contribution in [0.1, 0.15) is 5.56 Å². The van der Waals surface area contributed by atoms with Crippen LogP contribution in [0.25, 0.3) is 16.5 Å². The van der Waals surface area contributed by atoms with E-state index in [4.69, 9.17) is 28.7 Å². The van der Waals surface area contributed by atoms with Crippen molar-refractivity contribution in [2.75, 3.05) is 12.8 Å². The molecular formula is C8H7Cl2N5S. The Bertz CT molecular complexity index is 433. The van der Waals surface area contributed by atoms with Gasteiger partial charge in [-0.3, -0.25) is 0 Å². The summed E-state index contributed by atoms with van der Waals surface area (Å²) >= 11 is 13.2. The van der Waals surface area contributed by atoms with Crippen LogP contribution in [0, 0.1) is 0 Å². The molecule has 0 unspecified atom stereocenters. The third-order valence-electron chi connectivity index (χ3n) is 1.55. The average Bonchev–Trinajstić information content (AvgIpc) is 2.26. The molecule has 8 heteroatoms. The first-order valence-corrected chi connectivity index (χ1v) is 6.11. The van der Waals surface area contributed by atoms with Gasteiger partial charge in [0.15, 0.2) is 5.16 Å². The maximum Gasteiger partial charge on any atom is 0.190 e. The molecule has 84 valence electrons. The van der Waals surface area contributed by atoms with Crippen LogP contribution in [0.5, 0.6) is 0 Å². The Hall–Kier alpha value is -0.940. The standard InChI is InChI=1S/C8H7Cl2N5S/c1-16-8-13-6(9)5(7(10)14-8)3-2-4-12-15-11/h2-3H,4H2,1H3. The molecule has 16 heavy (non-hydrogen) atoms. The van der Waals surface area contributed by atoms with Gasteiger partial charge >= 0.3 is 0 Å². The van der Waals surface area contributed by atoms with E-state index in [9.17, 15) is 0 Å². The van der Waals surface area contributed by atoms with Gasteiger partial charge in [0.1, 0.15) is 10.3 Å². The maximum atomic E-state index is 8.09. The molecule has 0 aliphatic heterocycles. The highest BCUT2D eigenvalue weighted by Crippen LogP contribution is 2.25. The van der Waals surface area contributed by atoms with Gasteiger partial charge in [0.05, 0.1) is 0 Å². The summed E-state index contributed by atoms with van der Waals surface area (Å²) in [7, 11) is 0. The predicted octanol–water partition coefficient (Wildman–Crippen LogP) is 3.83. The summed E-state index contributed by atoms with van der Waals surface area (Å²) in [6.07, 6.45) is 5.09. The van der Waals surface area contributed by atoms with Crippen molar-refractivity contribution in [2.24, 2.45) is 5.11 Å². The van der Waals surface area contributed by atoms with Gasteiger partial charge in [0.25, 0.3) is 0 Å². The van der Waals surface area contributed by atoms with Crippen molar-refractivity contribution >= 4 is 41.0 Å². The third kappa shape index (κ3) is 3.57. The zero-order chi connectivity index (χ0) is 12.0. The van der Waals surface area contributed by atoms with E-state index >= 15 is 0 Å². The van der Waals surface area contributed by atoms with E-state index in [2.05, 4.69) is 20.0 Å². The lowest BCUT2D eigenvalue weighted by atomic mass is 10.3. The van der Waals surface area contributed by atoms with Crippen LogP contribution >= 0.6 is 35.0 Å². The van der Waals surface area contributed by atoms with Crippen molar-refractivity contribution in [3.8, 4) is 0 Å². The molecule has 0 fully saturated rings. The van der Waals surface area contributed by atoms with Gasteiger partial charge in [-0.15, -0.1) is 0 Å². The molecule has 0 aliphatic carbocycles. The van der Waals surface area contributed by atoms with E-state index in [1.54, 1.807) is 12.2 Å². The topological polar surface area (TPSA) is 74.5 Å². The fraction of sp³-hybridized carbons (Fsp3) is 0.250.